The normalized spacial score (nSPS) is 10.6. The second kappa shape index (κ2) is 7.38. The van der Waals surface area contributed by atoms with Gasteiger partial charge in [0.1, 0.15) is 0 Å². The predicted molar refractivity (Wildman–Crippen MR) is 85.4 cm³/mol. The van der Waals surface area contributed by atoms with Crippen molar-refractivity contribution < 1.29 is 9.72 Å². The van der Waals surface area contributed by atoms with E-state index in [0.29, 0.717) is 17.1 Å². The van der Waals surface area contributed by atoms with Crippen LogP contribution in [0.2, 0.25) is 5.02 Å². The van der Waals surface area contributed by atoms with Gasteiger partial charge in [-0.15, -0.1) is 0 Å². The molecule has 1 amide bonds. The van der Waals surface area contributed by atoms with Crippen LogP contribution in [0, 0.1) is 10.1 Å². The maximum atomic E-state index is 11.7. The van der Waals surface area contributed by atoms with E-state index < -0.39 is 4.92 Å². The van der Waals surface area contributed by atoms with Crippen molar-refractivity contribution in [3.8, 4) is 0 Å². The predicted octanol–water partition coefficient (Wildman–Crippen LogP) is 3.58. The van der Waals surface area contributed by atoms with Crippen molar-refractivity contribution in [2.24, 2.45) is 0 Å². The van der Waals surface area contributed by atoms with E-state index in [1.54, 1.807) is 30.3 Å². The average Bonchev–Trinajstić information content (AvgIpc) is 2.52. The highest BCUT2D eigenvalue weighted by Crippen LogP contribution is 2.13. The van der Waals surface area contributed by atoms with Crippen molar-refractivity contribution in [3.05, 3.63) is 80.9 Å². The zero-order valence-electron chi connectivity index (χ0n) is 11.5. The van der Waals surface area contributed by atoms with E-state index in [0.717, 1.165) is 5.56 Å². The van der Waals surface area contributed by atoms with Crippen molar-refractivity contribution in [2.45, 2.75) is 6.54 Å². The number of carbonyl (C=O) groups is 1. The largest absolute Gasteiger partial charge is 0.348 e. The molecule has 1 N–H and O–H groups in total. The highest BCUT2D eigenvalue weighted by Gasteiger charge is 2.02. The van der Waals surface area contributed by atoms with Gasteiger partial charge in [-0.05, 0) is 41.5 Å². The summed E-state index contributed by atoms with van der Waals surface area (Å²) in [4.78, 5) is 21.8. The topological polar surface area (TPSA) is 72.2 Å². The Labute approximate surface area is 132 Å². The Morgan fingerprint density at radius 3 is 2.36 bits per heavy atom. The van der Waals surface area contributed by atoms with Gasteiger partial charge in [0.25, 0.3) is 5.69 Å². The highest BCUT2D eigenvalue weighted by atomic mass is 35.5. The number of carbonyl (C=O) groups excluding carboxylic acids is 1. The number of nitro groups is 1. The Bertz CT molecular complexity index is 694. The van der Waals surface area contributed by atoms with Gasteiger partial charge in [-0.25, -0.2) is 0 Å². The summed E-state index contributed by atoms with van der Waals surface area (Å²) >= 11 is 5.78. The van der Waals surface area contributed by atoms with Crippen molar-refractivity contribution >= 4 is 29.3 Å². The van der Waals surface area contributed by atoms with Crippen LogP contribution in [-0.4, -0.2) is 10.8 Å². The number of nitrogens with zero attached hydrogens (tertiary/aromatic N) is 1. The fraction of sp³-hybridized carbons (Fsp3) is 0.0625. The quantitative estimate of drug-likeness (QED) is 0.520. The number of nitro benzene ring substituents is 1. The lowest BCUT2D eigenvalue weighted by Crippen LogP contribution is -2.20. The van der Waals surface area contributed by atoms with Crippen molar-refractivity contribution in [1.82, 2.24) is 5.32 Å². The Balaban J connectivity index is 1.88. The smallest absolute Gasteiger partial charge is 0.269 e. The van der Waals surface area contributed by atoms with Crippen LogP contribution < -0.4 is 5.32 Å². The maximum absolute atomic E-state index is 11.7. The van der Waals surface area contributed by atoms with Gasteiger partial charge in [-0.2, -0.15) is 0 Å². The van der Waals surface area contributed by atoms with Crippen LogP contribution in [-0.2, 0) is 11.3 Å². The van der Waals surface area contributed by atoms with Crippen LogP contribution in [0.15, 0.2) is 54.6 Å². The van der Waals surface area contributed by atoms with E-state index in [1.807, 2.05) is 12.1 Å². The molecule has 0 aliphatic rings. The van der Waals surface area contributed by atoms with Crippen molar-refractivity contribution in [3.63, 3.8) is 0 Å². The molecule has 22 heavy (non-hydrogen) atoms. The van der Waals surface area contributed by atoms with Crippen LogP contribution in [0.25, 0.3) is 6.08 Å². The van der Waals surface area contributed by atoms with Gasteiger partial charge in [-0.1, -0.05) is 23.7 Å². The average molecular weight is 317 g/mol. The summed E-state index contributed by atoms with van der Waals surface area (Å²) in [6, 6.07) is 13.1. The summed E-state index contributed by atoms with van der Waals surface area (Å²) in [5.41, 5.74) is 1.68. The first-order valence-corrected chi connectivity index (χ1v) is 6.87. The number of rotatable bonds is 5. The van der Waals surface area contributed by atoms with Crippen LogP contribution in [0.1, 0.15) is 11.1 Å². The van der Waals surface area contributed by atoms with Crippen LogP contribution in [0.4, 0.5) is 5.69 Å². The summed E-state index contributed by atoms with van der Waals surface area (Å²) in [5, 5.41) is 13.9. The molecule has 2 aromatic rings. The molecule has 2 aromatic carbocycles. The molecule has 6 heteroatoms. The molecule has 0 saturated heterocycles. The minimum absolute atomic E-state index is 0.0179. The van der Waals surface area contributed by atoms with E-state index in [2.05, 4.69) is 5.32 Å². The molecule has 0 aromatic heterocycles. The summed E-state index contributed by atoms with van der Waals surface area (Å²) in [5.74, 6) is -0.242. The van der Waals surface area contributed by atoms with Gasteiger partial charge in [0, 0.05) is 29.8 Å². The number of halogens is 1. The third kappa shape index (κ3) is 4.71. The van der Waals surface area contributed by atoms with E-state index in [-0.39, 0.29) is 11.6 Å². The van der Waals surface area contributed by atoms with Crippen molar-refractivity contribution in [2.75, 3.05) is 0 Å². The second-order valence-electron chi connectivity index (χ2n) is 4.53. The zero-order valence-corrected chi connectivity index (χ0v) is 12.3. The summed E-state index contributed by atoms with van der Waals surface area (Å²) in [6.45, 7) is 0.403. The number of nitrogens with one attached hydrogen (secondary N) is 1. The Morgan fingerprint density at radius 1 is 1.14 bits per heavy atom. The third-order valence-electron chi connectivity index (χ3n) is 2.91. The molecule has 0 bridgehead atoms. The fourth-order valence-corrected chi connectivity index (χ4v) is 1.86. The molecule has 0 heterocycles. The molecule has 0 saturated carbocycles. The number of hydrogen-bond donors (Lipinski definition) is 1. The van der Waals surface area contributed by atoms with Crippen LogP contribution >= 0.6 is 11.6 Å². The van der Waals surface area contributed by atoms with Gasteiger partial charge >= 0.3 is 0 Å². The highest BCUT2D eigenvalue weighted by molar-refractivity contribution is 6.30. The first-order valence-electron chi connectivity index (χ1n) is 6.49. The SMILES string of the molecule is O=C(/C=C/c1ccc([N+](=O)[O-])cc1)NCc1ccc(Cl)cc1. The molecular weight excluding hydrogens is 304 g/mol. The number of non-ortho nitro benzene ring substituents is 1. The molecule has 5 nitrogen and oxygen atoms in total. The minimum atomic E-state index is -0.466. The second-order valence-corrected chi connectivity index (χ2v) is 4.96. The van der Waals surface area contributed by atoms with Gasteiger partial charge in [0.15, 0.2) is 0 Å². The molecule has 0 fully saturated rings. The lowest BCUT2D eigenvalue weighted by atomic mass is 10.2. The van der Waals surface area contributed by atoms with Crippen molar-refractivity contribution in [1.29, 1.82) is 0 Å². The number of benzene rings is 2. The van der Waals surface area contributed by atoms with E-state index in [9.17, 15) is 14.9 Å². The fourth-order valence-electron chi connectivity index (χ4n) is 1.73. The summed E-state index contributed by atoms with van der Waals surface area (Å²) < 4.78 is 0. The van der Waals surface area contributed by atoms with Gasteiger partial charge < -0.3 is 5.32 Å². The Kier molecular flexibility index (Phi) is 5.27. The number of amides is 1. The molecular formula is C16H13ClN2O3. The molecule has 0 aliphatic carbocycles. The van der Waals surface area contributed by atoms with Gasteiger partial charge in [-0.3, -0.25) is 14.9 Å². The van der Waals surface area contributed by atoms with Gasteiger partial charge in [0.2, 0.25) is 5.91 Å². The summed E-state index contributed by atoms with van der Waals surface area (Å²) in [7, 11) is 0. The maximum Gasteiger partial charge on any atom is 0.269 e. The standard InChI is InChI=1S/C16H13ClN2O3/c17-14-6-1-13(2-7-14)11-18-16(20)10-5-12-3-8-15(9-4-12)19(21)22/h1-10H,11H2,(H,18,20)/b10-5+. The molecule has 2 rings (SSSR count). The lowest BCUT2D eigenvalue weighted by Gasteiger charge is -2.02. The van der Waals surface area contributed by atoms with Gasteiger partial charge in [0.05, 0.1) is 4.92 Å². The molecule has 0 atom stereocenters. The van der Waals surface area contributed by atoms with Crippen LogP contribution in [0.5, 0.6) is 0 Å². The first-order chi connectivity index (χ1) is 10.5. The Morgan fingerprint density at radius 2 is 1.77 bits per heavy atom. The molecule has 0 radical (unpaired) electrons. The molecule has 112 valence electrons. The van der Waals surface area contributed by atoms with E-state index >= 15 is 0 Å². The molecule has 0 aliphatic heterocycles. The Hall–Kier alpha value is -2.66. The first kappa shape index (κ1) is 15.7. The van der Waals surface area contributed by atoms with E-state index in [1.165, 1.54) is 18.2 Å². The molecule has 0 spiro atoms. The minimum Gasteiger partial charge on any atom is -0.348 e. The van der Waals surface area contributed by atoms with Crippen LogP contribution in [0.3, 0.4) is 0 Å². The third-order valence-corrected chi connectivity index (χ3v) is 3.16. The summed E-state index contributed by atoms with van der Waals surface area (Å²) in [6.07, 6.45) is 2.98. The number of hydrogen-bond acceptors (Lipinski definition) is 3. The molecule has 0 unspecified atom stereocenters. The monoisotopic (exact) mass is 316 g/mol. The van der Waals surface area contributed by atoms with E-state index in [4.69, 9.17) is 11.6 Å². The zero-order chi connectivity index (χ0) is 15.9. The lowest BCUT2D eigenvalue weighted by molar-refractivity contribution is -0.384.